The molecule has 5 heteroatoms. The van der Waals surface area contributed by atoms with Crippen LogP contribution in [0.1, 0.15) is 13.3 Å². The van der Waals surface area contributed by atoms with Crippen LogP contribution in [0.3, 0.4) is 0 Å². The molecule has 0 aliphatic carbocycles. The maximum absolute atomic E-state index is 11.2. The second kappa shape index (κ2) is 3.18. The van der Waals surface area contributed by atoms with Crippen LogP contribution in [0.15, 0.2) is 10.2 Å². The highest BCUT2D eigenvalue weighted by Gasteiger charge is 2.46. The summed E-state index contributed by atoms with van der Waals surface area (Å²) in [6.45, 7) is 1.99. The van der Waals surface area contributed by atoms with Gasteiger partial charge >= 0.3 is 5.97 Å². The van der Waals surface area contributed by atoms with Gasteiger partial charge in [0.25, 0.3) is 0 Å². The summed E-state index contributed by atoms with van der Waals surface area (Å²) in [5.41, 5.74) is -1.14. The van der Waals surface area contributed by atoms with E-state index >= 15 is 0 Å². The molecule has 0 bridgehead atoms. The molecular weight excluding hydrogens is 160 g/mol. The predicted octanol–water partition coefficient (Wildman–Crippen LogP) is 0.135. The topological polar surface area (TPSA) is 71.2 Å². The fraction of sp³-hybridized carbons (Fsp3) is 0.857. The first-order valence-corrected chi connectivity index (χ1v) is 3.78. The molecule has 0 saturated heterocycles. The SMILES string of the molecule is COC(=O)[C@]1([C@@H](C)O)CCN=N1. The third-order valence-corrected chi connectivity index (χ3v) is 2.07. The summed E-state index contributed by atoms with van der Waals surface area (Å²) in [5, 5.41) is 16.8. The first-order chi connectivity index (χ1) is 5.63. The summed E-state index contributed by atoms with van der Waals surface area (Å²) in [6, 6.07) is 0. The summed E-state index contributed by atoms with van der Waals surface area (Å²) < 4.78 is 4.55. The summed E-state index contributed by atoms with van der Waals surface area (Å²) in [7, 11) is 1.28. The minimum atomic E-state index is -1.14. The fourth-order valence-electron chi connectivity index (χ4n) is 1.23. The average Bonchev–Trinajstić information content (AvgIpc) is 2.52. The number of methoxy groups -OCH3 is 1. The molecular formula is C7H12N2O3. The Balaban J connectivity index is 2.87. The lowest BCUT2D eigenvalue weighted by Crippen LogP contribution is -2.45. The van der Waals surface area contributed by atoms with Crippen LogP contribution in [0, 0.1) is 0 Å². The van der Waals surface area contributed by atoms with Gasteiger partial charge < -0.3 is 9.84 Å². The van der Waals surface area contributed by atoms with Crippen LogP contribution in [0.2, 0.25) is 0 Å². The highest BCUT2D eigenvalue weighted by Crippen LogP contribution is 2.27. The molecule has 1 N–H and O–H groups in total. The second-order valence-corrected chi connectivity index (χ2v) is 2.81. The van der Waals surface area contributed by atoms with Crippen molar-refractivity contribution in [1.29, 1.82) is 0 Å². The van der Waals surface area contributed by atoms with Gasteiger partial charge in [-0.2, -0.15) is 10.2 Å². The number of hydrogen-bond donors (Lipinski definition) is 1. The van der Waals surface area contributed by atoms with Crippen molar-refractivity contribution in [3.63, 3.8) is 0 Å². The van der Waals surface area contributed by atoms with E-state index in [4.69, 9.17) is 0 Å². The molecule has 1 rings (SSSR count). The number of aliphatic hydroxyl groups is 1. The van der Waals surface area contributed by atoms with Crippen molar-refractivity contribution in [2.75, 3.05) is 13.7 Å². The minimum Gasteiger partial charge on any atom is -0.467 e. The molecule has 0 saturated carbocycles. The predicted molar refractivity (Wildman–Crippen MR) is 40.8 cm³/mol. The van der Waals surface area contributed by atoms with E-state index in [1.54, 1.807) is 0 Å². The Kier molecular flexibility index (Phi) is 2.42. The van der Waals surface area contributed by atoms with Crippen molar-refractivity contribution >= 4 is 5.97 Å². The summed E-state index contributed by atoms with van der Waals surface area (Å²) in [4.78, 5) is 11.2. The molecule has 1 aliphatic rings. The van der Waals surface area contributed by atoms with Crippen molar-refractivity contribution in [3.05, 3.63) is 0 Å². The Labute approximate surface area is 70.4 Å². The van der Waals surface area contributed by atoms with E-state index in [-0.39, 0.29) is 0 Å². The summed E-state index contributed by atoms with van der Waals surface area (Å²) in [6.07, 6.45) is -0.423. The van der Waals surface area contributed by atoms with E-state index in [0.29, 0.717) is 13.0 Å². The minimum absolute atomic E-state index is 0.428. The molecule has 12 heavy (non-hydrogen) atoms. The van der Waals surface area contributed by atoms with Crippen LogP contribution in [0.25, 0.3) is 0 Å². The highest BCUT2D eigenvalue weighted by atomic mass is 16.5. The number of ether oxygens (including phenoxy) is 1. The van der Waals surface area contributed by atoms with E-state index in [9.17, 15) is 9.90 Å². The van der Waals surface area contributed by atoms with Crippen LogP contribution in [0.5, 0.6) is 0 Å². The maximum atomic E-state index is 11.2. The Hall–Kier alpha value is -0.970. The van der Waals surface area contributed by atoms with Gasteiger partial charge in [-0.1, -0.05) is 0 Å². The number of esters is 1. The van der Waals surface area contributed by atoms with E-state index in [2.05, 4.69) is 15.0 Å². The van der Waals surface area contributed by atoms with Crippen LogP contribution in [-0.4, -0.2) is 36.4 Å². The van der Waals surface area contributed by atoms with Crippen LogP contribution in [0.4, 0.5) is 0 Å². The number of azo groups is 1. The standard InChI is InChI=1S/C7H12N2O3/c1-5(10)7(6(11)12-2)3-4-8-9-7/h5,10H,3-4H2,1-2H3/t5-,7-/m1/s1. The molecule has 5 nitrogen and oxygen atoms in total. The third-order valence-electron chi connectivity index (χ3n) is 2.07. The van der Waals surface area contributed by atoms with E-state index in [1.807, 2.05) is 0 Å². The molecule has 0 amide bonds. The molecule has 0 unspecified atom stereocenters. The van der Waals surface area contributed by atoms with Gasteiger partial charge in [0.1, 0.15) is 0 Å². The molecule has 1 heterocycles. The Bertz CT molecular complexity index is 215. The zero-order valence-corrected chi connectivity index (χ0v) is 7.15. The number of carbonyl (C=O) groups is 1. The Morgan fingerprint density at radius 2 is 2.42 bits per heavy atom. The smallest absolute Gasteiger partial charge is 0.338 e. The highest BCUT2D eigenvalue weighted by molar-refractivity contribution is 5.82. The Morgan fingerprint density at radius 1 is 1.75 bits per heavy atom. The first-order valence-electron chi connectivity index (χ1n) is 3.78. The normalized spacial score (nSPS) is 30.2. The van der Waals surface area contributed by atoms with Crippen molar-refractivity contribution < 1.29 is 14.6 Å². The third kappa shape index (κ3) is 1.20. The van der Waals surface area contributed by atoms with Crippen LogP contribution < -0.4 is 0 Å². The van der Waals surface area contributed by atoms with Crippen molar-refractivity contribution in [2.45, 2.75) is 25.0 Å². The van der Waals surface area contributed by atoms with Gasteiger partial charge in [-0.25, -0.2) is 4.79 Å². The number of carbonyl (C=O) groups excluding carboxylic acids is 1. The molecule has 2 atom stereocenters. The van der Waals surface area contributed by atoms with Gasteiger partial charge in [0, 0.05) is 6.42 Å². The molecule has 0 spiro atoms. The molecule has 0 fully saturated rings. The molecule has 0 aromatic carbocycles. The molecule has 1 aliphatic heterocycles. The molecule has 0 aromatic heterocycles. The number of hydrogen-bond acceptors (Lipinski definition) is 5. The zero-order chi connectivity index (χ0) is 9.19. The van der Waals surface area contributed by atoms with Crippen LogP contribution >= 0.6 is 0 Å². The van der Waals surface area contributed by atoms with Crippen molar-refractivity contribution in [2.24, 2.45) is 10.2 Å². The van der Waals surface area contributed by atoms with Gasteiger partial charge in [-0.05, 0) is 6.92 Å². The molecule has 0 aromatic rings. The van der Waals surface area contributed by atoms with Crippen molar-refractivity contribution in [1.82, 2.24) is 0 Å². The van der Waals surface area contributed by atoms with Crippen molar-refractivity contribution in [3.8, 4) is 0 Å². The van der Waals surface area contributed by atoms with Gasteiger partial charge in [-0.3, -0.25) is 0 Å². The van der Waals surface area contributed by atoms with Crippen LogP contribution in [-0.2, 0) is 9.53 Å². The molecule has 0 radical (unpaired) electrons. The van der Waals surface area contributed by atoms with E-state index in [0.717, 1.165) is 0 Å². The monoisotopic (exact) mass is 172 g/mol. The second-order valence-electron chi connectivity index (χ2n) is 2.81. The summed E-state index contributed by atoms with van der Waals surface area (Å²) in [5.74, 6) is -0.515. The van der Waals surface area contributed by atoms with Gasteiger partial charge in [0.15, 0.2) is 0 Å². The average molecular weight is 172 g/mol. The Morgan fingerprint density at radius 3 is 2.75 bits per heavy atom. The van der Waals surface area contributed by atoms with Gasteiger partial charge in [0.05, 0.1) is 19.8 Å². The fourth-order valence-corrected chi connectivity index (χ4v) is 1.23. The zero-order valence-electron chi connectivity index (χ0n) is 7.15. The first kappa shape index (κ1) is 9.12. The van der Waals surface area contributed by atoms with E-state index < -0.39 is 17.6 Å². The maximum Gasteiger partial charge on any atom is 0.338 e. The largest absolute Gasteiger partial charge is 0.467 e. The number of aliphatic hydroxyl groups excluding tert-OH is 1. The molecule has 68 valence electrons. The lowest BCUT2D eigenvalue weighted by atomic mass is 9.92. The lowest BCUT2D eigenvalue weighted by molar-refractivity contribution is -0.150. The number of rotatable bonds is 2. The van der Waals surface area contributed by atoms with Gasteiger partial charge in [0.2, 0.25) is 5.54 Å². The van der Waals surface area contributed by atoms with E-state index in [1.165, 1.54) is 14.0 Å². The summed E-state index contributed by atoms with van der Waals surface area (Å²) >= 11 is 0. The number of nitrogens with zero attached hydrogens (tertiary/aromatic N) is 2. The van der Waals surface area contributed by atoms with Gasteiger partial charge in [-0.15, -0.1) is 0 Å². The lowest BCUT2D eigenvalue weighted by Gasteiger charge is -2.23. The quantitative estimate of drug-likeness (QED) is 0.602.